The van der Waals surface area contributed by atoms with E-state index in [1.807, 2.05) is 0 Å². The van der Waals surface area contributed by atoms with Crippen LogP contribution in [0.5, 0.6) is 5.75 Å². The molecular weight excluding hydrogens is 289 g/mol. The number of carbonyl (C=O) groups is 1. The van der Waals surface area contributed by atoms with Gasteiger partial charge in [-0.3, -0.25) is 4.79 Å². The highest BCUT2D eigenvalue weighted by Crippen LogP contribution is 2.25. The van der Waals surface area contributed by atoms with Gasteiger partial charge in [0.1, 0.15) is 11.6 Å². The molecule has 2 N–H and O–H groups in total. The molecule has 0 bridgehead atoms. The predicted octanol–water partition coefficient (Wildman–Crippen LogP) is 3.04. The maximum atomic E-state index is 13.8. The molecule has 0 atom stereocenters. The van der Waals surface area contributed by atoms with Crippen LogP contribution in [0.15, 0.2) is 53.3 Å². The number of aromatic nitrogens is 1. The maximum absolute atomic E-state index is 13.8. The fraction of sp³-hybridized carbons (Fsp3) is 0. The van der Waals surface area contributed by atoms with Gasteiger partial charge in [0.25, 0.3) is 0 Å². The third-order valence-corrected chi connectivity index (χ3v) is 3.34. The molecular formula is C16H10FNO4. The number of hydrogen-bond acceptors (Lipinski definition) is 3. The first-order valence-electron chi connectivity index (χ1n) is 6.36. The van der Waals surface area contributed by atoms with E-state index in [9.17, 15) is 24.2 Å². The Hall–Kier alpha value is -3.15. The standard InChI is InChI=1S/C16H10FNO4/c17-11-2-1-3-12-15(11)14(20)8-13(18(12)16(21)22)9-4-6-10(19)7-5-9/h1-8,19H,(H,21,22). The Morgan fingerprint density at radius 2 is 1.77 bits per heavy atom. The highest BCUT2D eigenvalue weighted by atomic mass is 19.1. The van der Waals surface area contributed by atoms with Gasteiger partial charge in [-0.2, -0.15) is 0 Å². The molecule has 0 aliphatic carbocycles. The monoisotopic (exact) mass is 299 g/mol. The fourth-order valence-corrected chi connectivity index (χ4v) is 2.38. The second-order valence-corrected chi connectivity index (χ2v) is 4.69. The Balaban J connectivity index is 2.45. The highest BCUT2D eigenvalue weighted by Gasteiger charge is 2.17. The molecule has 0 saturated carbocycles. The Morgan fingerprint density at radius 1 is 1.09 bits per heavy atom. The molecule has 1 aromatic heterocycles. The second-order valence-electron chi connectivity index (χ2n) is 4.69. The number of fused-ring (bicyclic) bond motifs is 1. The van der Waals surface area contributed by atoms with Crippen molar-refractivity contribution in [2.24, 2.45) is 0 Å². The number of rotatable bonds is 1. The van der Waals surface area contributed by atoms with E-state index in [1.54, 1.807) is 0 Å². The van der Waals surface area contributed by atoms with Crippen LogP contribution in [0.4, 0.5) is 9.18 Å². The van der Waals surface area contributed by atoms with Crippen molar-refractivity contribution in [1.82, 2.24) is 4.57 Å². The highest BCUT2D eigenvalue weighted by molar-refractivity contribution is 5.92. The Morgan fingerprint density at radius 3 is 2.41 bits per heavy atom. The van der Waals surface area contributed by atoms with Crippen molar-refractivity contribution in [3.8, 4) is 17.0 Å². The topological polar surface area (TPSA) is 79.5 Å². The fourth-order valence-electron chi connectivity index (χ4n) is 2.38. The zero-order valence-corrected chi connectivity index (χ0v) is 11.2. The first-order chi connectivity index (χ1) is 10.5. The molecule has 110 valence electrons. The Kier molecular flexibility index (Phi) is 3.14. The van der Waals surface area contributed by atoms with Crippen molar-refractivity contribution in [2.45, 2.75) is 0 Å². The zero-order valence-electron chi connectivity index (χ0n) is 11.2. The molecule has 0 spiro atoms. The summed E-state index contributed by atoms with van der Waals surface area (Å²) in [6, 6.07) is 10.6. The molecule has 0 aliphatic rings. The lowest BCUT2D eigenvalue weighted by Crippen LogP contribution is -2.18. The predicted molar refractivity (Wildman–Crippen MR) is 78.7 cm³/mol. The minimum atomic E-state index is -1.33. The van der Waals surface area contributed by atoms with Crippen LogP contribution in [-0.4, -0.2) is 20.9 Å². The number of aromatic hydroxyl groups is 1. The largest absolute Gasteiger partial charge is 0.508 e. The summed E-state index contributed by atoms with van der Waals surface area (Å²) in [6.45, 7) is 0. The van der Waals surface area contributed by atoms with E-state index >= 15 is 0 Å². The number of nitrogens with zero attached hydrogens (tertiary/aromatic N) is 1. The molecule has 3 aromatic rings. The number of phenols is 1. The summed E-state index contributed by atoms with van der Waals surface area (Å²) in [5.74, 6) is -0.755. The lowest BCUT2D eigenvalue weighted by Gasteiger charge is -2.13. The summed E-state index contributed by atoms with van der Waals surface area (Å²) >= 11 is 0. The summed E-state index contributed by atoms with van der Waals surface area (Å²) < 4.78 is 14.7. The van der Waals surface area contributed by atoms with Crippen LogP contribution in [0.1, 0.15) is 0 Å². The molecule has 0 amide bonds. The van der Waals surface area contributed by atoms with E-state index in [0.29, 0.717) is 5.56 Å². The number of hydrogen-bond donors (Lipinski definition) is 2. The minimum Gasteiger partial charge on any atom is -0.508 e. The van der Waals surface area contributed by atoms with Crippen LogP contribution in [-0.2, 0) is 0 Å². The first-order valence-corrected chi connectivity index (χ1v) is 6.36. The summed E-state index contributed by atoms with van der Waals surface area (Å²) in [5.41, 5.74) is -0.101. The van der Waals surface area contributed by atoms with Crippen LogP contribution >= 0.6 is 0 Å². The Bertz CT molecular complexity index is 945. The van der Waals surface area contributed by atoms with Gasteiger partial charge in [0.05, 0.1) is 16.6 Å². The summed E-state index contributed by atoms with van der Waals surface area (Å²) in [4.78, 5) is 23.7. The molecule has 0 saturated heterocycles. The third kappa shape index (κ3) is 2.10. The quantitative estimate of drug-likeness (QED) is 0.724. The molecule has 0 fully saturated rings. The molecule has 0 aliphatic heterocycles. The zero-order chi connectivity index (χ0) is 15.9. The average molecular weight is 299 g/mol. The van der Waals surface area contributed by atoms with Crippen molar-refractivity contribution in [3.05, 3.63) is 64.6 Å². The molecule has 3 rings (SSSR count). The summed E-state index contributed by atoms with van der Waals surface area (Å²) in [7, 11) is 0. The SMILES string of the molecule is O=C(O)n1c(-c2ccc(O)cc2)cc(=O)c2c(F)cccc21. The van der Waals surface area contributed by atoms with E-state index in [4.69, 9.17) is 0 Å². The molecule has 22 heavy (non-hydrogen) atoms. The van der Waals surface area contributed by atoms with Gasteiger partial charge in [0.15, 0.2) is 5.43 Å². The molecule has 5 nitrogen and oxygen atoms in total. The van der Waals surface area contributed by atoms with Gasteiger partial charge in [0.2, 0.25) is 0 Å². The lowest BCUT2D eigenvalue weighted by atomic mass is 10.1. The van der Waals surface area contributed by atoms with E-state index in [0.717, 1.165) is 16.7 Å². The first kappa shape index (κ1) is 13.8. The van der Waals surface area contributed by atoms with E-state index in [1.165, 1.54) is 36.4 Å². The van der Waals surface area contributed by atoms with Gasteiger partial charge in [-0.05, 0) is 42.0 Å². The maximum Gasteiger partial charge on any atom is 0.416 e. The van der Waals surface area contributed by atoms with Crippen LogP contribution in [0.2, 0.25) is 0 Å². The number of phenolic OH excluding ortho intramolecular Hbond substituents is 1. The van der Waals surface area contributed by atoms with Crippen molar-refractivity contribution in [1.29, 1.82) is 0 Å². The van der Waals surface area contributed by atoms with Gasteiger partial charge < -0.3 is 10.2 Å². The number of carboxylic acid groups (broad SMARTS) is 1. The van der Waals surface area contributed by atoms with Gasteiger partial charge in [0, 0.05) is 6.07 Å². The second kappa shape index (κ2) is 5.00. The van der Waals surface area contributed by atoms with Crippen molar-refractivity contribution in [2.75, 3.05) is 0 Å². The number of halogens is 1. The molecule has 6 heteroatoms. The number of benzene rings is 2. The molecule has 2 aromatic carbocycles. The van der Waals surface area contributed by atoms with Gasteiger partial charge in [-0.25, -0.2) is 13.8 Å². The van der Waals surface area contributed by atoms with Crippen molar-refractivity contribution < 1.29 is 19.4 Å². The smallest absolute Gasteiger partial charge is 0.416 e. The molecule has 1 heterocycles. The van der Waals surface area contributed by atoms with E-state index < -0.39 is 17.3 Å². The summed E-state index contributed by atoms with van der Waals surface area (Å²) in [5, 5.41) is 18.5. The van der Waals surface area contributed by atoms with Gasteiger partial charge in [-0.15, -0.1) is 0 Å². The van der Waals surface area contributed by atoms with Gasteiger partial charge >= 0.3 is 6.09 Å². The van der Waals surface area contributed by atoms with Crippen LogP contribution in [0, 0.1) is 5.82 Å². The van der Waals surface area contributed by atoms with Gasteiger partial charge in [-0.1, -0.05) is 6.07 Å². The van der Waals surface area contributed by atoms with Crippen LogP contribution in [0.3, 0.4) is 0 Å². The van der Waals surface area contributed by atoms with Crippen LogP contribution in [0.25, 0.3) is 22.2 Å². The third-order valence-electron chi connectivity index (χ3n) is 3.34. The molecule has 0 radical (unpaired) electrons. The van der Waals surface area contributed by atoms with E-state index in [2.05, 4.69) is 0 Å². The van der Waals surface area contributed by atoms with Crippen LogP contribution < -0.4 is 5.43 Å². The molecule has 0 unspecified atom stereocenters. The normalized spacial score (nSPS) is 10.8. The average Bonchev–Trinajstić information content (AvgIpc) is 2.47. The van der Waals surface area contributed by atoms with Crippen molar-refractivity contribution in [3.63, 3.8) is 0 Å². The Labute approximate surface area is 123 Å². The van der Waals surface area contributed by atoms with Crippen molar-refractivity contribution >= 4 is 17.0 Å². The lowest BCUT2D eigenvalue weighted by molar-refractivity contribution is 0.197. The van der Waals surface area contributed by atoms with E-state index in [-0.39, 0.29) is 22.3 Å². The number of pyridine rings is 1. The summed E-state index contributed by atoms with van der Waals surface area (Å²) in [6.07, 6.45) is -1.33. The minimum absolute atomic E-state index is 0.0137.